The molecule has 206 valence electrons. The van der Waals surface area contributed by atoms with Crippen molar-refractivity contribution >= 4 is 40.6 Å². The molecule has 0 aromatic heterocycles. The van der Waals surface area contributed by atoms with Crippen LogP contribution in [0.15, 0.2) is 6.07 Å². The van der Waals surface area contributed by atoms with Crippen LogP contribution in [0.3, 0.4) is 0 Å². The number of halogens is 1. The SMILES string of the molecule is CC(C)[C@@H](C)NCc1cc(O)c2c(c1Cl)C[C@H]1C[C@H]3[C@H](N(C)C)C(=O)C(C(N)=O)C(=O)[C@@]3(O)C(=O)C1C2=O. The Balaban J connectivity index is 1.78. The molecule has 1 amide bonds. The number of hydrogen-bond donors (Lipinski definition) is 4. The number of likely N-dealkylation sites (N-methyl/N-ethyl adjacent to an activating group) is 1. The summed E-state index contributed by atoms with van der Waals surface area (Å²) in [4.78, 5) is 67.4. The van der Waals surface area contributed by atoms with Gasteiger partial charge in [-0.2, -0.15) is 0 Å². The predicted molar refractivity (Wildman–Crippen MR) is 138 cm³/mol. The molecule has 2 fully saturated rings. The van der Waals surface area contributed by atoms with Crippen LogP contribution in [0, 0.1) is 29.6 Å². The minimum atomic E-state index is -2.74. The van der Waals surface area contributed by atoms with Gasteiger partial charge in [0.25, 0.3) is 0 Å². The number of hydrogen-bond acceptors (Lipinski definition) is 9. The lowest BCUT2D eigenvalue weighted by atomic mass is 9.52. The molecule has 2 saturated carbocycles. The Morgan fingerprint density at radius 3 is 2.39 bits per heavy atom. The lowest BCUT2D eigenvalue weighted by Crippen LogP contribution is -2.74. The minimum absolute atomic E-state index is 0.0200. The zero-order valence-corrected chi connectivity index (χ0v) is 22.8. The van der Waals surface area contributed by atoms with E-state index >= 15 is 0 Å². The summed E-state index contributed by atoms with van der Waals surface area (Å²) in [6.07, 6.45) is 0.111. The smallest absolute Gasteiger partial charge is 0.235 e. The van der Waals surface area contributed by atoms with E-state index in [1.807, 2.05) is 6.92 Å². The number of Topliss-reactive ketones (excluding diaryl/α,β-unsaturated/α-hetero) is 4. The number of phenolic OH excluding ortho intramolecular Hbond substituents is 1. The molecule has 38 heavy (non-hydrogen) atoms. The Morgan fingerprint density at radius 1 is 1.21 bits per heavy atom. The molecule has 3 aliphatic carbocycles. The predicted octanol–water partition coefficient (Wildman–Crippen LogP) is 0.655. The first-order valence-corrected chi connectivity index (χ1v) is 13.1. The van der Waals surface area contributed by atoms with E-state index in [2.05, 4.69) is 19.2 Å². The second-order valence-electron chi connectivity index (χ2n) is 11.4. The maximum absolute atomic E-state index is 13.8. The number of rotatable bonds is 6. The van der Waals surface area contributed by atoms with Crippen molar-refractivity contribution in [1.29, 1.82) is 0 Å². The summed E-state index contributed by atoms with van der Waals surface area (Å²) in [5.41, 5.74) is 3.47. The van der Waals surface area contributed by atoms with Gasteiger partial charge < -0.3 is 21.3 Å². The number of phenols is 1. The van der Waals surface area contributed by atoms with Crippen molar-refractivity contribution in [2.45, 2.75) is 57.8 Å². The fraction of sp³-hybridized carbons (Fsp3) is 0.593. The average Bonchev–Trinajstić information content (AvgIpc) is 2.81. The maximum Gasteiger partial charge on any atom is 0.235 e. The molecule has 0 radical (unpaired) electrons. The number of carbonyl (C=O) groups excluding carboxylic acids is 5. The van der Waals surface area contributed by atoms with Crippen LogP contribution < -0.4 is 11.1 Å². The second kappa shape index (κ2) is 9.82. The highest BCUT2D eigenvalue weighted by Gasteiger charge is 2.69. The molecule has 4 rings (SSSR count). The van der Waals surface area contributed by atoms with Crippen LogP contribution in [0.25, 0.3) is 0 Å². The van der Waals surface area contributed by atoms with Crippen LogP contribution in [0.5, 0.6) is 5.75 Å². The van der Waals surface area contributed by atoms with E-state index in [1.165, 1.54) is 11.0 Å². The van der Waals surface area contributed by atoms with Crippen molar-refractivity contribution in [2.75, 3.05) is 14.1 Å². The number of fused-ring (bicyclic) bond motifs is 3. The third-order valence-electron chi connectivity index (χ3n) is 8.68. The van der Waals surface area contributed by atoms with Gasteiger partial charge in [-0.15, -0.1) is 0 Å². The molecule has 7 atom stereocenters. The zero-order chi connectivity index (χ0) is 28.4. The molecular weight excluding hydrogens is 514 g/mol. The fourth-order valence-corrected chi connectivity index (χ4v) is 6.64. The average molecular weight is 548 g/mol. The topological polar surface area (TPSA) is 167 Å². The second-order valence-corrected chi connectivity index (χ2v) is 11.8. The standard InChI is InChI=1S/C27H34ClN3O7/c1-10(2)11(3)30-9-13-8-16(32)18-14(20(13)28)6-12-7-15-21(31(4)5)23(34)19(26(29)37)25(36)27(15,38)24(35)17(12)22(18)33/h8,10-12,15,17,19,21,30,32,38H,6-7,9H2,1-5H3,(H2,29,37)/t11-,12+,15+,17?,19?,21+,27+/m1/s1. The number of nitrogens with zero attached hydrogens (tertiary/aromatic N) is 1. The van der Waals surface area contributed by atoms with E-state index in [4.69, 9.17) is 17.3 Å². The molecule has 5 N–H and O–H groups in total. The number of ketones is 4. The van der Waals surface area contributed by atoms with Gasteiger partial charge in [-0.3, -0.25) is 28.9 Å². The number of aromatic hydroxyl groups is 1. The van der Waals surface area contributed by atoms with Crippen LogP contribution >= 0.6 is 11.6 Å². The molecule has 0 heterocycles. The summed E-state index contributed by atoms with van der Waals surface area (Å²) in [7, 11) is 3.09. The van der Waals surface area contributed by atoms with Gasteiger partial charge in [-0.25, -0.2) is 0 Å². The van der Waals surface area contributed by atoms with Gasteiger partial charge in [-0.1, -0.05) is 25.4 Å². The Kier molecular flexibility index (Phi) is 7.33. The van der Waals surface area contributed by atoms with E-state index in [0.29, 0.717) is 28.6 Å². The molecular formula is C27H34ClN3O7. The van der Waals surface area contributed by atoms with Crippen molar-refractivity contribution in [2.24, 2.45) is 35.3 Å². The van der Waals surface area contributed by atoms with Crippen LogP contribution in [0.2, 0.25) is 5.02 Å². The number of carbonyl (C=O) groups is 5. The molecule has 0 aliphatic heterocycles. The third kappa shape index (κ3) is 4.09. The van der Waals surface area contributed by atoms with E-state index in [1.54, 1.807) is 14.1 Å². The highest BCUT2D eigenvalue weighted by Crippen LogP contribution is 2.51. The van der Waals surface area contributed by atoms with Crippen molar-refractivity contribution in [3.05, 3.63) is 27.8 Å². The number of aliphatic hydroxyl groups is 1. The summed E-state index contributed by atoms with van der Waals surface area (Å²) in [5, 5.41) is 26.1. The Morgan fingerprint density at radius 2 is 1.84 bits per heavy atom. The highest BCUT2D eigenvalue weighted by atomic mass is 35.5. The van der Waals surface area contributed by atoms with E-state index < -0.39 is 64.4 Å². The van der Waals surface area contributed by atoms with Crippen molar-refractivity contribution in [3.63, 3.8) is 0 Å². The largest absolute Gasteiger partial charge is 0.507 e. The minimum Gasteiger partial charge on any atom is -0.507 e. The number of nitrogens with two attached hydrogens (primary N) is 1. The quantitative estimate of drug-likeness (QED) is 0.374. The van der Waals surface area contributed by atoms with Crippen LogP contribution in [-0.4, -0.2) is 75.9 Å². The number of amides is 1. The lowest BCUT2D eigenvalue weighted by Gasteiger charge is -2.52. The Hall–Kier alpha value is -2.66. The highest BCUT2D eigenvalue weighted by molar-refractivity contribution is 6.34. The van der Waals surface area contributed by atoms with E-state index in [9.17, 15) is 34.2 Å². The van der Waals surface area contributed by atoms with Crippen molar-refractivity contribution in [1.82, 2.24) is 10.2 Å². The van der Waals surface area contributed by atoms with Gasteiger partial charge in [0.1, 0.15) is 5.75 Å². The van der Waals surface area contributed by atoms with E-state index in [-0.39, 0.29) is 30.2 Å². The van der Waals surface area contributed by atoms with Gasteiger partial charge in [0.05, 0.1) is 17.5 Å². The molecule has 1 aromatic rings. The summed E-state index contributed by atoms with van der Waals surface area (Å²) in [6.45, 7) is 6.51. The summed E-state index contributed by atoms with van der Waals surface area (Å²) >= 11 is 6.73. The van der Waals surface area contributed by atoms with Gasteiger partial charge >= 0.3 is 0 Å². The number of benzene rings is 1. The zero-order valence-electron chi connectivity index (χ0n) is 22.1. The molecule has 3 aliphatic rings. The number of nitrogens with one attached hydrogen (secondary N) is 1. The summed E-state index contributed by atoms with van der Waals surface area (Å²) in [5.74, 6) is -10.4. The van der Waals surface area contributed by atoms with Crippen LogP contribution in [-0.2, 0) is 32.1 Å². The van der Waals surface area contributed by atoms with E-state index in [0.717, 1.165) is 0 Å². The molecule has 0 bridgehead atoms. The Bertz CT molecular complexity index is 1250. The normalized spacial score (nSPS) is 31.8. The van der Waals surface area contributed by atoms with Gasteiger partial charge in [0.15, 0.2) is 34.7 Å². The van der Waals surface area contributed by atoms with Crippen molar-refractivity contribution in [3.8, 4) is 5.75 Å². The van der Waals surface area contributed by atoms with Crippen LogP contribution in [0.1, 0.15) is 48.7 Å². The molecule has 2 unspecified atom stereocenters. The molecule has 1 aromatic carbocycles. The first-order valence-electron chi connectivity index (χ1n) is 12.8. The van der Waals surface area contributed by atoms with Gasteiger partial charge in [0, 0.05) is 23.5 Å². The lowest BCUT2D eigenvalue weighted by molar-refractivity contribution is -0.181. The molecule has 10 nitrogen and oxygen atoms in total. The van der Waals surface area contributed by atoms with Crippen molar-refractivity contribution < 1.29 is 34.2 Å². The maximum atomic E-state index is 13.8. The van der Waals surface area contributed by atoms with Crippen LogP contribution in [0.4, 0.5) is 0 Å². The fourth-order valence-electron chi connectivity index (χ4n) is 6.34. The third-order valence-corrected chi connectivity index (χ3v) is 9.15. The molecule has 0 spiro atoms. The summed E-state index contributed by atoms with van der Waals surface area (Å²) in [6, 6.07) is 0.408. The first kappa shape index (κ1) is 28.4. The van der Waals surface area contributed by atoms with Gasteiger partial charge in [0.2, 0.25) is 5.91 Å². The number of primary amides is 1. The molecule has 0 saturated heterocycles. The summed E-state index contributed by atoms with van der Waals surface area (Å²) < 4.78 is 0. The molecule has 11 heteroatoms. The van der Waals surface area contributed by atoms with Gasteiger partial charge in [-0.05, 0) is 62.9 Å². The monoisotopic (exact) mass is 547 g/mol. The Labute approximate surface area is 225 Å². The first-order chi connectivity index (χ1) is 17.6.